The van der Waals surface area contributed by atoms with Gasteiger partial charge in [0.25, 0.3) is 0 Å². The second-order valence-electron chi connectivity index (χ2n) is 3.15. The van der Waals surface area contributed by atoms with Crippen LogP contribution in [0, 0.1) is 11.3 Å². The number of hydrogen-bond acceptors (Lipinski definition) is 4. The van der Waals surface area contributed by atoms with E-state index in [1.54, 1.807) is 6.20 Å². The third kappa shape index (κ3) is 3.40. The number of aromatic nitrogens is 2. The summed E-state index contributed by atoms with van der Waals surface area (Å²) in [4.78, 5) is 6.31. The van der Waals surface area contributed by atoms with Crippen molar-refractivity contribution in [1.29, 1.82) is 5.26 Å². The molecule has 0 fully saturated rings. The lowest BCUT2D eigenvalue weighted by molar-refractivity contribution is 0.376. The SMILES string of the molecule is CN(C)CCn1ccnc1SCC#N. The van der Waals surface area contributed by atoms with Gasteiger partial charge >= 0.3 is 0 Å². The van der Waals surface area contributed by atoms with Crippen molar-refractivity contribution >= 4 is 11.8 Å². The molecule has 0 aliphatic carbocycles. The molecule has 0 amide bonds. The zero-order valence-electron chi connectivity index (χ0n) is 8.47. The standard InChI is InChI=1S/C9H14N4S/c1-12(2)6-7-13-5-4-11-9(13)14-8-3-10/h4-5H,6-8H2,1-2H3. The van der Waals surface area contributed by atoms with Gasteiger partial charge in [-0.2, -0.15) is 5.26 Å². The highest BCUT2D eigenvalue weighted by Gasteiger charge is 2.02. The van der Waals surface area contributed by atoms with Gasteiger partial charge < -0.3 is 9.47 Å². The molecule has 0 aliphatic rings. The van der Waals surface area contributed by atoms with Gasteiger partial charge in [-0.25, -0.2) is 4.98 Å². The van der Waals surface area contributed by atoms with E-state index in [0.717, 1.165) is 18.2 Å². The van der Waals surface area contributed by atoms with Gasteiger partial charge in [-0.1, -0.05) is 11.8 Å². The summed E-state index contributed by atoms with van der Waals surface area (Å²) in [5, 5.41) is 9.38. The largest absolute Gasteiger partial charge is 0.325 e. The molecule has 0 unspecified atom stereocenters. The van der Waals surface area contributed by atoms with Gasteiger partial charge in [-0.3, -0.25) is 0 Å². The number of imidazole rings is 1. The van der Waals surface area contributed by atoms with Gasteiger partial charge in [0.1, 0.15) is 0 Å². The van der Waals surface area contributed by atoms with Crippen LogP contribution in [0.4, 0.5) is 0 Å². The molecule has 0 atom stereocenters. The molecule has 1 heterocycles. The number of hydrogen-bond donors (Lipinski definition) is 0. The summed E-state index contributed by atoms with van der Waals surface area (Å²) in [5.41, 5.74) is 0. The van der Waals surface area contributed by atoms with Crippen LogP contribution in [0.25, 0.3) is 0 Å². The first kappa shape index (κ1) is 11.1. The Kier molecular flexibility index (Phi) is 4.50. The lowest BCUT2D eigenvalue weighted by Gasteiger charge is -2.11. The van der Waals surface area contributed by atoms with E-state index in [0.29, 0.717) is 5.75 Å². The third-order valence-corrected chi connectivity index (χ3v) is 2.60. The third-order valence-electron chi connectivity index (χ3n) is 1.73. The summed E-state index contributed by atoms with van der Waals surface area (Å²) in [6, 6.07) is 2.10. The van der Waals surface area contributed by atoms with Gasteiger partial charge in [-0.15, -0.1) is 0 Å². The highest BCUT2D eigenvalue weighted by molar-refractivity contribution is 7.99. The monoisotopic (exact) mass is 210 g/mol. The Morgan fingerprint density at radius 2 is 2.43 bits per heavy atom. The molecule has 0 radical (unpaired) electrons. The highest BCUT2D eigenvalue weighted by atomic mass is 32.2. The van der Waals surface area contributed by atoms with Crippen LogP contribution < -0.4 is 0 Å². The van der Waals surface area contributed by atoms with Crippen LogP contribution in [-0.4, -0.2) is 40.8 Å². The molecule has 4 nitrogen and oxygen atoms in total. The zero-order chi connectivity index (χ0) is 10.4. The van der Waals surface area contributed by atoms with Gasteiger partial charge in [0, 0.05) is 25.5 Å². The van der Waals surface area contributed by atoms with E-state index in [1.807, 2.05) is 20.3 Å². The van der Waals surface area contributed by atoms with Crippen molar-refractivity contribution in [2.24, 2.45) is 0 Å². The fraction of sp³-hybridized carbons (Fsp3) is 0.556. The second-order valence-corrected chi connectivity index (χ2v) is 4.10. The number of nitriles is 1. The molecule has 1 aromatic heterocycles. The lowest BCUT2D eigenvalue weighted by Crippen LogP contribution is -2.18. The van der Waals surface area contributed by atoms with Crippen molar-refractivity contribution in [2.45, 2.75) is 11.7 Å². The van der Waals surface area contributed by atoms with Crippen LogP contribution in [-0.2, 0) is 6.54 Å². The Morgan fingerprint density at radius 1 is 1.64 bits per heavy atom. The van der Waals surface area contributed by atoms with Gasteiger partial charge in [0.2, 0.25) is 0 Å². The van der Waals surface area contributed by atoms with Crippen molar-refractivity contribution in [3.8, 4) is 6.07 Å². The molecule has 0 bridgehead atoms. The minimum atomic E-state index is 0.457. The van der Waals surface area contributed by atoms with Gasteiger partial charge in [0.15, 0.2) is 5.16 Å². The normalized spacial score (nSPS) is 10.4. The topological polar surface area (TPSA) is 44.9 Å². The van der Waals surface area contributed by atoms with Crippen molar-refractivity contribution in [3.05, 3.63) is 12.4 Å². The van der Waals surface area contributed by atoms with E-state index in [-0.39, 0.29) is 0 Å². The summed E-state index contributed by atoms with van der Waals surface area (Å²) in [5.74, 6) is 0.457. The fourth-order valence-corrected chi connectivity index (χ4v) is 1.66. The van der Waals surface area contributed by atoms with Crippen molar-refractivity contribution in [2.75, 3.05) is 26.4 Å². The molecule has 76 valence electrons. The van der Waals surface area contributed by atoms with Crippen LogP contribution in [0.2, 0.25) is 0 Å². The van der Waals surface area contributed by atoms with Crippen LogP contribution in [0.1, 0.15) is 0 Å². The minimum absolute atomic E-state index is 0.457. The molecule has 1 rings (SSSR count). The number of likely N-dealkylation sites (N-methyl/N-ethyl adjacent to an activating group) is 1. The molecule has 0 N–H and O–H groups in total. The van der Waals surface area contributed by atoms with E-state index in [1.165, 1.54) is 11.8 Å². The molecule has 0 aromatic carbocycles. The van der Waals surface area contributed by atoms with E-state index in [4.69, 9.17) is 5.26 Å². The zero-order valence-corrected chi connectivity index (χ0v) is 9.29. The van der Waals surface area contributed by atoms with Crippen LogP contribution in [0.15, 0.2) is 17.6 Å². The number of rotatable bonds is 5. The van der Waals surface area contributed by atoms with Crippen LogP contribution in [0.3, 0.4) is 0 Å². The summed E-state index contributed by atoms with van der Waals surface area (Å²) in [6.45, 7) is 1.90. The van der Waals surface area contributed by atoms with E-state index in [9.17, 15) is 0 Å². The summed E-state index contributed by atoms with van der Waals surface area (Å²) in [7, 11) is 4.08. The average molecular weight is 210 g/mol. The Bertz CT molecular complexity index is 313. The molecule has 1 aromatic rings. The van der Waals surface area contributed by atoms with Crippen LogP contribution in [0.5, 0.6) is 0 Å². The molecule has 0 saturated carbocycles. The first-order valence-electron chi connectivity index (χ1n) is 4.39. The van der Waals surface area contributed by atoms with E-state index in [2.05, 4.69) is 20.5 Å². The van der Waals surface area contributed by atoms with Gasteiger partial charge in [0.05, 0.1) is 11.8 Å². The van der Waals surface area contributed by atoms with E-state index < -0.39 is 0 Å². The Morgan fingerprint density at radius 3 is 3.07 bits per heavy atom. The Hall–Kier alpha value is -0.990. The molecule has 5 heteroatoms. The minimum Gasteiger partial charge on any atom is -0.325 e. The van der Waals surface area contributed by atoms with Crippen molar-refractivity contribution in [3.63, 3.8) is 0 Å². The molecular weight excluding hydrogens is 196 g/mol. The maximum absolute atomic E-state index is 8.46. The van der Waals surface area contributed by atoms with E-state index >= 15 is 0 Å². The Labute approximate surface area is 88.5 Å². The number of nitrogens with zero attached hydrogens (tertiary/aromatic N) is 4. The predicted molar refractivity (Wildman–Crippen MR) is 57.1 cm³/mol. The summed E-state index contributed by atoms with van der Waals surface area (Å²) >= 11 is 1.48. The van der Waals surface area contributed by atoms with Crippen molar-refractivity contribution in [1.82, 2.24) is 14.5 Å². The second kappa shape index (κ2) is 5.68. The molecule has 0 spiro atoms. The molecule has 0 saturated heterocycles. The molecular formula is C9H14N4S. The predicted octanol–water partition coefficient (Wildman–Crippen LogP) is 1.06. The summed E-state index contributed by atoms with van der Waals surface area (Å²) in [6.07, 6.45) is 3.72. The maximum Gasteiger partial charge on any atom is 0.168 e. The van der Waals surface area contributed by atoms with Gasteiger partial charge in [-0.05, 0) is 14.1 Å². The summed E-state index contributed by atoms with van der Waals surface area (Å²) < 4.78 is 2.07. The quantitative estimate of drug-likeness (QED) is 0.682. The molecule has 14 heavy (non-hydrogen) atoms. The molecule has 0 aliphatic heterocycles. The lowest BCUT2D eigenvalue weighted by atomic mass is 10.6. The van der Waals surface area contributed by atoms with Crippen molar-refractivity contribution < 1.29 is 0 Å². The average Bonchev–Trinajstić information content (AvgIpc) is 2.58. The smallest absolute Gasteiger partial charge is 0.168 e. The van der Waals surface area contributed by atoms with Crippen LogP contribution >= 0.6 is 11.8 Å². The Balaban J connectivity index is 2.50. The first-order chi connectivity index (χ1) is 6.74. The maximum atomic E-state index is 8.46. The first-order valence-corrected chi connectivity index (χ1v) is 5.38. The highest BCUT2D eigenvalue weighted by Crippen LogP contribution is 2.14. The number of thioether (sulfide) groups is 1. The fourth-order valence-electron chi connectivity index (χ4n) is 1.01.